The van der Waals surface area contributed by atoms with Crippen LogP contribution in [-0.2, 0) is 12.7 Å². The molecule has 0 aliphatic heterocycles. The van der Waals surface area contributed by atoms with E-state index >= 15 is 0 Å². The molecule has 0 amide bonds. The van der Waals surface area contributed by atoms with Gasteiger partial charge in [-0.1, -0.05) is 12.1 Å². The summed E-state index contributed by atoms with van der Waals surface area (Å²) in [5, 5.41) is 0. The minimum Gasteiger partial charge on any atom is -0.399 e. The monoisotopic (exact) mass is 295 g/mol. The zero-order valence-electron chi connectivity index (χ0n) is 11.6. The van der Waals surface area contributed by atoms with Crippen LogP contribution in [0.1, 0.15) is 18.1 Å². The average molecular weight is 295 g/mol. The largest absolute Gasteiger partial charge is 0.419 e. The molecule has 0 atom stereocenters. The summed E-state index contributed by atoms with van der Waals surface area (Å²) in [5.41, 5.74) is 6.40. The molecule has 2 N–H and O–H groups in total. The number of hydrogen-bond donors (Lipinski definition) is 1. The van der Waals surface area contributed by atoms with Crippen molar-refractivity contribution in [3.05, 3.63) is 53.7 Å². The number of hydrogen-bond acceptors (Lipinski definition) is 3. The molecule has 0 spiro atoms. The number of nitrogens with two attached hydrogens (primary N) is 1. The van der Waals surface area contributed by atoms with Gasteiger partial charge >= 0.3 is 6.18 Å². The van der Waals surface area contributed by atoms with Crippen LogP contribution in [0.3, 0.4) is 0 Å². The molecule has 0 aliphatic carbocycles. The first-order chi connectivity index (χ1) is 9.91. The number of pyridine rings is 1. The van der Waals surface area contributed by atoms with Crippen LogP contribution in [0.2, 0.25) is 0 Å². The highest BCUT2D eigenvalue weighted by molar-refractivity contribution is 5.50. The van der Waals surface area contributed by atoms with Crippen molar-refractivity contribution in [1.29, 1.82) is 0 Å². The van der Waals surface area contributed by atoms with E-state index in [1.54, 1.807) is 30.0 Å². The van der Waals surface area contributed by atoms with Crippen molar-refractivity contribution in [2.45, 2.75) is 19.6 Å². The highest BCUT2D eigenvalue weighted by Crippen LogP contribution is 2.35. The van der Waals surface area contributed by atoms with E-state index in [0.717, 1.165) is 11.6 Å². The zero-order valence-corrected chi connectivity index (χ0v) is 11.6. The normalized spacial score (nSPS) is 11.4. The van der Waals surface area contributed by atoms with Gasteiger partial charge in [0.15, 0.2) is 0 Å². The summed E-state index contributed by atoms with van der Waals surface area (Å²) >= 11 is 0. The summed E-state index contributed by atoms with van der Waals surface area (Å²) in [7, 11) is 0. The fraction of sp³-hybridized carbons (Fsp3) is 0.267. The number of nitrogen functional groups attached to an aromatic ring is 1. The minimum atomic E-state index is -4.42. The maximum atomic E-state index is 13.1. The van der Waals surface area contributed by atoms with Crippen molar-refractivity contribution in [2.24, 2.45) is 0 Å². The van der Waals surface area contributed by atoms with Gasteiger partial charge in [-0.3, -0.25) is 0 Å². The van der Waals surface area contributed by atoms with E-state index < -0.39 is 11.7 Å². The topological polar surface area (TPSA) is 42.1 Å². The molecule has 21 heavy (non-hydrogen) atoms. The lowest BCUT2D eigenvalue weighted by Crippen LogP contribution is -2.26. The number of alkyl halides is 3. The third-order valence-corrected chi connectivity index (χ3v) is 3.10. The molecule has 0 saturated carbocycles. The second-order valence-corrected chi connectivity index (χ2v) is 4.63. The lowest BCUT2D eigenvalue weighted by molar-refractivity contribution is -0.137. The molecule has 3 nitrogen and oxygen atoms in total. The van der Waals surface area contributed by atoms with E-state index in [-0.39, 0.29) is 5.82 Å². The highest BCUT2D eigenvalue weighted by atomic mass is 19.4. The first-order valence-corrected chi connectivity index (χ1v) is 6.53. The maximum absolute atomic E-state index is 13.1. The van der Waals surface area contributed by atoms with Crippen molar-refractivity contribution < 1.29 is 13.2 Å². The van der Waals surface area contributed by atoms with Gasteiger partial charge in [-0.05, 0) is 36.8 Å². The summed E-state index contributed by atoms with van der Waals surface area (Å²) in [5.74, 6) is -0.0603. The van der Waals surface area contributed by atoms with Gasteiger partial charge in [0.1, 0.15) is 5.82 Å². The Bertz CT molecular complexity index is 611. The molecule has 0 radical (unpaired) electrons. The predicted octanol–water partition coefficient (Wildman–Crippen LogP) is 3.71. The molecule has 1 aromatic carbocycles. The molecule has 2 rings (SSSR count). The van der Waals surface area contributed by atoms with Crippen molar-refractivity contribution in [3.8, 4) is 0 Å². The Morgan fingerprint density at radius 1 is 1.19 bits per heavy atom. The molecule has 6 heteroatoms. The predicted molar refractivity (Wildman–Crippen MR) is 76.8 cm³/mol. The summed E-state index contributed by atoms with van der Waals surface area (Å²) < 4.78 is 39.2. The maximum Gasteiger partial charge on any atom is 0.419 e. The summed E-state index contributed by atoms with van der Waals surface area (Å²) in [6, 6.07) is 9.43. The van der Waals surface area contributed by atoms with Gasteiger partial charge in [0.2, 0.25) is 0 Å². The Labute approximate surface area is 121 Å². The van der Waals surface area contributed by atoms with Crippen LogP contribution in [0.25, 0.3) is 0 Å². The van der Waals surface area contributed by atoms with Crippen LogP contribution >= 0.6 is 0 Å². The van der Waals surface area contributed by atoms with Gasteiger partial charge in [-0.15, -0.1) is 0 Å². The Morgan fingerprint density at radius 2 is 1.95 bits per heavy atom. The average Bonchev–Trinajstić information content (AvgIpc) is 2.44. The van der Waals surface area contributed by atoms with E-state index in [2.05, 4.69) is 4.98 Å². The third kappa shape index (κ3) is 3.65. The highest BCUT2D eigenvalue weighted by Gasteiger charge is 2.35. The van der Waals surface area contributed by atoms with Crippen molar-refractivity contribution >= 4 is 11.5 Å². The molecule has 0 bridgehead atoms. The number of aromatic nitrogens is 1. The van der Waals surface area contributed by atoms with E-state index in [1.165, 1.54) is 12.3 Å². The molecular weight excluding hydrogens is 279 g/mol. The fourth-order valence-corrected chi connectivity index (χ4v) is 2.12. The van der Waals surface area contributed by atoms with Crippen LogP contribution in [0.4, 0.5) is 24.7 Å². The van der Waals surface area contributed by atoms with E-state index in [9.17, 15) is 13.2 Å². The van der Waals surface area contributed by atoms with Crippen molar-refractivity contribution in [3.63, 3.8) is 0 Å². The lowest BCUT2D eigenvalue weighted by Gasteiger charge is -2.25. The molecule has 0 unspecified atom stereocenters. The standard InChI is InChI=1S/C15H16F3N3/c1-2-21(10-11-5-3-6-12(19)9-11)14-13(15(16,17)18)7-4-8-20-14/h3-9H,2,10,19H2,1H3. The minimum absolute atomic E-state index is 0.0603. The number of halogens is 3. The molecule has 112 valence electrons. The molecular formula is C15H16F3N3. The Kier molecular flexibility index (Phi) is 4.35. The molecule has 0 saturated heterocycles. The number of nitrogens with zero attached hydrogens (tertiary/aromatic N) is 2. The molecule has 0 aliphatic rings. The van der Waals surface area contributed by atoms with Crippen molar-refractivity contribution in [2.75, 3.05) is 17.2 Å². The fourth-order valence-electron chi connectivity index (χ4n) is 2.12. The first kappa shape index (κ1) is 15.2. The van der Waals surface area contributed by atoms with Gasteiger partial charge in [0.05, 0.1) is 5.56 Å². The summed E-state index contributed by atoms with van der Waals surface area (Å²) in [6.07, 6.45) is -3.06. The van der Waals surface area contributed by atoms with Gasteiger partial charge in [0, 0.05) is 25.0 Å². The Balaban J connectivity index is 2.34. The molecule has 1 heterocycles. The smallest absolute Gasteiger partial charge is 0.399 e. The number of rotatable bonds is 4. The number of anilines is 2. The Morgan fingerprint density at radius 3 is 2.57 bits per heavy atom. The molecule has 2 aromatic rings. The van der Waals surface area contributed by atoms with Crippen molar-refractivity contribution in [1.82, 2.24) is 4.98 Å². The van der Waals surface area contributed by atoms with Crippen LogP contribution in [0, 0.1) is 0 Å². The zero-order chi connectivity index (χ0) is 15.5. The molecule has 0 fully saturated rings. The van der Waals surface area contributed by atoms with E-state index in [1.807, 2.05) is 6.07 Å². The van der Waals surface area contributed by atoms with E-state index in [4.69, 9.17) is 5.73 Å². The van der Waals surface area contributed by atoms with Gasteiger partial charge in [-0.2, -0.15) is 13.2 Å². The quantitative estimate of drug-likeness (QED) is 0.874. The Hall–Kier alpha value is -2.24. The van der Waals surface area contributed by atoms with E-state index in [0.29, 0.717) is 18.8 Å². The van der Waals surface area contributed by atoms with Crippen LogP contribution in [0.5, 0.6) is 0 Å². The second-order valence-electron chi connectivity index (χ2n) is 4.63. The van der Waals surface area contributed by atoms with Crippen LogP contribution in [-0.4, -0.2) is 11.5 Å². The third-order valence-electron chi connectivity index (χ3n) is 3.10. The van der Waals surface area contributed by atoms with Crippen LogP contribution in [0.15, 0.2) is 42.6 Å². The summed E-state index contributed by atoms with van der Waals surface area (Å²) in [4.78, 5) is 5.49. The van der Waals surface area contributed by atoms with Gasteiger partial charge in [-0.25, -0.2) is 4.98 Å². The second kappa shape index (κ2) is 6.03. The van der Waals surface area contributed by atoms with Gasteiger partial charge < -0.3 is 10.6 Å². The van der Waals surface area contributed by atoms with Gasteiger partial charge in [0.25, 0.3) is 0 Å². The summed E-state index contributed by atoms with van der Waals surface area (Å²) in [6.45, 7) is 2.53. The SMILES string of the molecule is CCN(Cc1cccc(N)c1)c1ncccc1C(F)(F)F. The lowest BCUT2D eigenvalue weighted by atomic mass is 10.1. The van der Waals surface area contributed by atoms with Crippen LogP contribution < -0.4 is 10.6 Å². The molecule has 1 aromatic heterocycles. The number of benzene rings is 1. The first-order valence-electron chi connectivity index (χ1n) is 6.53.